The SMILES string of the molecule is COCCCN1CN=C2N[C@H](c3ccc(OC)c(OC)c3)n3c(nc4ccccc43)N2C1. The van der Waals surface area contributed by atoms with Crippen LogP contribution in [0.25, 0.3) is 11.0 Å². The van der Waals surface area contributed by atoms with Gasteiger partial charge in [0.25, 0.3) is 0 Å². The number of aromatic nitrogens is 2. The van der Waals surface area contributed by atoms with Gasteiger partial charge in [0.15, 0.2) is 11.5 Å². The fourth-order valence-corrected chi connectivity index (χ4v) is 4.34. The van der Waals surface area contributed by atoms with Gasteiger partial charge in [-0.05, 0) is 36.2 Å². The van der Waals surface area contributed by atoms with Crippen molar-refractivity contribution in [3.05, 3.63) is 48.0 Å². The van der Waals surface area contributed by atoms with Gasteiger partial charge in [0, 0.05) is 20.3 Å². The molecule has 0 unspecified atom stereocenters. The Morgan fingerprint density at radius 1 is 1.06 bits per heavy atom. The molecular weight excluding hydrogens is 408 g/mol. The number of rotatable bonds is 7. The molecular formula is C23H28N6O3. The van der Waals surface area contributed by atoms with Crippen LogP contribution in [0.2, 0.25) is 0 Å². The van der Waals surface area contributed by atoms with E-state index in [4.69, 9.17) is 24.2 Å². The maximum atomic E-state index is 5.56. The van der Waals surface area contributed by atoms with Gasteiger partial charge in [0.05, 0.1) is 38.6 Å². The fraction of sp³-hybridized carbons (Fsp3) is 0.391. The Morgan fingerprint density at radius 2 is 1.91 bits per heavy atom. The second-order valence-electron chi connectivity index (χ2n) is 7.87. The number of ether oxygens (including phenoxy) is 3. The summed E-state index contributed by atoms with van der Waals surface area (Å²) in [6, 6.07) is 14.2. The largest absolute Gasteiger partial charge is 0.493 e. The number of para-hydroxylation sites is 2. The molecule has 2 aromatic carbocycles. The van der Waals surface area contributed by atoms with E-state index in [0.29, 0.717) is 18.2 Å². The van der Waals surface area contributed by atoms with Gasteiger partial charge in [-0.3, -0.25) is 14.4 Å². The number of methoxy groups -OCH3 is 3. The number of nitrogens with zero attached hydrogens (tertiary/aromatic N) is 5. The van der Waals surface area contributed by atoms with E-state index in [9.17, 15) is 0 Å². The number of guanidine groups is 1. The molecule has 9 nitrogen and oxygen atoms in total. The summed E-state index contributed by atoms with van der Waals surface area (Å²) < 4.78 is 18.4. The minimum atomic E-state index is -0.174. The Bertz CT molecular complexity index is 1140. The van der Waals surface area contributed by atoms with Crippen LogP contribution in [0.1, 0.15) is 18.2 Å². The molecule has 32 heavy (non-hydrogen) atoms. The van der Waals surface area contributed by atoms with Crippen LogP contribution < -0.4 is 19.7 Å². The predicted molar refractivity (Wildman–Crippen MR) is 123 cm³/mol. The molecule has 3 heterocycles. The number of anilines is 1. The number of fused-ring (bicyclic) bond motifs is 5. The standard InChI is InChI=1S/C23H28N6O3/c1-30-12-6-11-27-14-24-22-26-21(16-9-10-19(31-2)20(13-16)32-3)29-18-8-5-4-7-17(18)25-23(29)28(22)15-27/h4-5,7-10,13,21H,6,11-12,14-15H2,1-3H3,(H,24,26)/t21-/m0/s1. The Balaban J connectivity index is 1.57. The third-order valence-corrected chi connectivity index (χ3v) is 5.91. The first-order valence-corrected chi connectivity index (χ1v) is 10.7. The number of hydrogen-bond acceptors (Lipinski definition) is 8. The first-order chi connectivity index (χ1) is 15.7. The highest BCUT2D eigenvalue weighted by Crippen LogP contribution is 2.36. The van der Waals surface area contributed by atoms with Crippen molar-refractivity contribution < 1.29 is 14.2 Å². The molecule has 1 atom stereocenters. The molecule has 0 saturated heterocycles. The molecule has 5 rings (SSSR count). The summed E-state index contributed by atoms with van der Waals surface area (Å²) in [4.78, 5) is 14.3. The summed E-state index contributed by atoms with van der Waals surface area (Å²) in [5.41, 5.74) is 3.05. The number of benzene rings is 2. The van der Waals surface area contributed by atoms with Crippen LogP contribution in [-0.2, 0) is 4.74 Å². The van der Waals surface area contributed by atoms with Gasteiger partial charge in [-0.25, -0.2) is 9.98 Å². The molecule has 0 fully saturated rings. The van der Waals surface area contributed by atoms with Crippen molar-refractivity contribution in [3.8, 4) is 11.5 Å². The molecule has 1 aromatic heterocycles. The minimum absolute atomic E-state index is 0.174. The van der Waals surface area contributed by atoms with Crippen molar-refractivity contribution in [2.45, 2.75) is 12.6 Å². The predicted octanol–water partition coefficient (Wildman–Crippen LogP) is 2.63. The lowest BCUT2D eigenvalue weighted by Gasteiger charge is -2.41. The molecule has 2 aliphatic heterocycles. The molecule has 0 spiro atoms. The first-order valence-electron chi connectivity index (χ1n) is 10.7. The zero-order valence-electron chi connectivity index (χ0n) is 18.6. The van der Waals surface area contributed by atoms with Crippen molar-refractivity contribution in [1.29, 1.82) is 0 Å². The molecule has 2 aliphatic rings. The first kappa shape index (κ1) is 20.6. The topological polar surface area (TPSA) is 76.4 Å². The number of imidazole rings is 1. The van der Waals surface area contributed by atoms with E-state index < -0.39 is 0 Å². The van der Waals surface area contributed by atoms with E-state index in [1.807, 2.05) is 36.4 Å². The Kier molecular flexibility index (Phi) is 5.59. The van der Waals surface area contributed by atoms with E-state index in [2.05, 4.69) is 25.8 Å². The van der Waals surface area contributed by atoms with Crippen LogP contribution in [0.4, 0.5) is 5.95 Å². The number of aliphatic imine (C=N–C) groups is 1. The highest BCUT2D eigenvalue weighted by molar-refractivity contribution is 5.98. The smallest absolute Gasteiger partial charge is 0.216 e. The van der Waals surface area contributed by atoms with Crippen molar-refractivity contribution in [2.24, 2.45) is 4.99 Å². The zero-order chi connectivity index (χ0) is 22.1. The monoisotopic (exact) mass is 436 g/mol. The van der Waals surface area contributed by atoms with E-state index in [0.717, 1.165) is 54.7 Å². The second-order valence-corrected chi connectivity index (χ2v) is 7.87. The quantitative estimate of drug-likeness (QED) is 0.571. The molecule has 0 aliphatic carbocycles. The second kappa shape index (κ2) is 8.68. The van der Waals surface area contributed by atoms with Crippen molar-refractivity contribution in [1.82, 2.24) is 19.8 Å². The molecule has 9 heteroatoms. The summed E-state index contributed by atoms with van der Waals surface area (Å²) in [5.74, 6) is 3.09. The molecule has 3 aromatic rings. The van der Waals surface area contributed by atoms with Crippen LogP contribution in [-0.4, -0.2) is 68.2 Å². The summed E-state index contributed by atoms with van der Waals surface area (Å²) in [6.07, 6.45) is 0.792. The lowest BCUT2D eigenvalue weighted by Crippen LogP contribution is -2.57. The Hall–Kier alpha value is -3.30. The molecule has 168 valence electrons. The minimum Gasteiger partial charge on any atom is -0.493 e. The summed E-state index contributed by atoms with van der Waals surface area (Å²) in [5, 5.41) is 3.63. The van der Waals surface area contributed by atoms with Gasteiger partial charge in [-0.1, -0.05) is 18.2 Å². The van der Waals surface area contributed by atoms with E-state index in [1.165, 1.54) is 0 Å². The van der Waals surface area contributed by atoms with Gasteiger partial charge in [0.2, 0.25) is 11.9 Å². The van der Waals surface area contributed by atoms with Crippen LogP contribution >= 0.6 is 0 Å². The Morgan fingerprint density at radius 3 is 2.72 bits per heavy atom. The van der Waals surface area contributed by atoms with Gasteiger partial charge >= 0.3 is 0 Å². The van der Waals surface area contributed by atoms with Gasteiger partial charge < -0.3 is 19.5 Å². The lowest BCUT2D eigenvalue weighted by atomic mass is 10.1. The van der Waals surface area contributed by atoms with Crippen molar-refractivity contribution >= 4 is 22.9 Å². The van der Waals surface area contributed by atoms with Gasteiger partial charge in [-0.15, -0.1) is 0 Å². The van der Waals surface area contributed by atoms with Crippen LogP contribution in [0.5, 0.6) is 11.5 Å². The molecule has 0 amide bonds. The maximum Gasteiger partial charge on any atom is 0.216 e. The zero-order valence-corrected chi connectivity index (χ0v) is 18.6. The Labute approximate surface area is 187 Å². The summed E-state index contributed by atoms with van der Waals surface area (Å²) in [6.45, 7) is 3.02. The van der Waals surface area contributed by atoms with E-state index in [-0.39, 0.29) is 6.17 Å². The highest BCUT2D eigenvalue weighted by Gasteiger charge is 2.36. The normalized spacial score (nSPS) is 18.0. The van der Waals surface area contributed by atoms with Crippen molar-refractivity contribution in [2.75, 3.05) is 52.7 Å². The third-order valence-electron chi connectivity index (χ3n) is 5.91. The highest BCUT2D eigenvalue weighted by atomic mass is 16.5. The van der Waals surface area contributed by atoms with E-state index in [1.54, 1.807) is 21.3 Å². The van der Waals surface area contributed by atoms with Crippen LogP contribution in [0, 0.1) is 0 Å². The average Bonchev–Trinajstić information content (AvgIpc) is 3.23. The summed E-state index contributed by atoms with van der Waals surface area (Å²) in [7, 11) is 5.03. The number of nitrogens with one attached hydrogen (secondary N) is 1. The summed E-state index contributed by atoms with van der Waals surface area (Å²) >= 11 is 0. The van der Waals surface area contributed by atoms with E-state index >= 15 is 0 Å². The average molecular weight is 437 g/mol. The van der Waals surface area contributed by atoms with Crippen LogP contribution in [0.3, 0.4) is 0 Å². The fourth-order valence-electron chi connectivity index (χ4n) is 4.34. The third kappa shape index (κ3) is 3.53. The van der Waals surface area contributed by atoms with Gasteiger partial charge in [0.1, 0.15) is 6.17 Å². The molecule has 0 radical (unpaired) electrons. The van der Waals surface area contributed by atoms with Gasteiger partial charge in [-0.2, -0.15) is 0 Å². The lowest BCUT2D eigenvalue weighted by molar-refractivity contribution is 0.171. The molecule has 1 N–H and O–H groups in total. The number of hydrogen-bond donors (Lipinski definition) is 1. The maximum absolute atomic E-state index is 5.56. The van der Waals surface area contributed by atoms with Crippen molar-refractivity contribution in [3.63, 3.8) is 0 Å². The van der Waals surface area contributed by atoms with Crippen LogP contribution in [0.15, 0.2) is 47.5 Å². The molecule has 0 saturated carbocycles. The molecule has 0 bridgehead atoms.